The fourth-order valence-electron chi connectivity index (χ4n) is 4.47. The van der Waals surface area contributed by atoms with E-state index in [4.69, 9.17) is 9.47 Å². The van der Waals surface area contributed by atoms with Crippen LogP contribution in [0.2, 0.25) is 0 Å². The third kappa shape index (κ3) is 6.27. The second-order valence-electron chi connectivity index (χ2n) is 9.11. The van der Waals surface area contributed by atoms with E-state index in [0.717, 1.165) is 32.9 Å². The van der Waals surface area contributed by atoms with Gasteiger partial charge in [-0.3, -0.25) is 9.78 Å². The Labute approximate surface area is 220 Å². The van der Waals surface area contributed by atoms with Gasteiger partial charge in [0.15, 0.2) is 0 Å². The summed E-state index contributed by atoms with van der Waals surface area (Å²) in [6.45, 7) is 5.09. The van der Waals surface area contributed by atoms with Gasteiger partial charge in [0.2, 0.25) is 5.91 Å². The number of nitriles is 1. The molecule has 0 fully saturated rings. The van der Waals surface area contributed by atoms with Crippen molar-refractivity contribution in [3.8, 4) is 11.8 Å². The first kappa shape index (κ1) is 26.2. The summed E-state index contributed by atoms with van der Waals surface area (Å²) in [6.07, 6.45) is 4.46. The first-order valence-corrected chi connectivity index (χ1v) is 13.0. The smallest absolute Gasteiger partial charge is 0.410 e. The highest BCUT2D eigenvalue weighted by molar-refractivity contribution is 7.16. The molecule has 1 aromatic carbocycles. The van der Waals surface area contributed by atoms with Crippen molar-refractivity contribution in [3.63, 3.8) is 0 Å². The van der Waals surface area contributed by atoms with Crippen LogP contribution in [0.3, 0.4) is 0 Å². The molecule has 1 unspecified atom stereocenters. The SMILES string of the molecule is COc1ccc(C)cc1C(C)CC(=O)Nc1sc2c(c1C#N)CCN(C(=O)OCCc1ccncc1)C2. The summed E-state index contributed by atoms with van der Waals surface area (Å²) < 4.78 is 10.9. The van der Waals surface area contributed by atoms with Crippen LogP contribution in [0.25, 0.3) is 0 Å². The Morgan fingerprint density at radius 3 is 2.78 bits per heavy atom. The van der Waals surface area contributed by atoms with E-state index < -0.39 is 0 Å². The van der Waals surface area contributed by atoms with Gasteiger partial charge in [-0.15, -0.1) is 11.3 Å². The lowest BCUT2D eigenvalue weighted by Gasteiger charge is -2.26. The molecule has 192 valence electrons. The van der Waals surface area contributed by atoms with E-state index in [2.05, 4.69) is 16.4 Å². The number of carbonyl (C=O) groups is 2. The summed E-state index contributed by atoms with van der Waals surface area (Å²) in [7, 11) is 1.62. The first-order valence-electron chi connectivity index (χ1n) is 12.2. The standard InChI is InChI=1S/C28H30N4O4S/c1-18-4-5-24(35-3)22(14-18)19(2)15-26(33)31-27-23(16-29)21-8-12-32(17-25(21)37-27)28(34)36-13-9-20-6-10-30-11-7-20/h4-7,10-11,14,19H,8-9,12-13,15,17H2,1-3H3,(H,31,33). The number of nitrogens with one attached hydrogen (secondary N) is 1. The van der Waals surface area contributed by atoms with Gasteiger partial charge in [-0.25, -0.2) is 4.79 Å². The van der Waals surface area contributed by atoms with E-state index in [-0.39, 0.29) is 30.9 Å². The number of fused-ring (bicyclic) bond motifs is 1. The highest BCUT2D eigenvalue weighted by Gasteiger charge is 2.28. The molecule has 4 rings (SSSR count). The fraction of sp³-hybridized carbons (Fsp3) is 0.357. The van der Waals surface area contributed by atoms with Gasteiger partial charge in [0, 0.05) is 36.7 Å². The van der Waals surface area contributed by atoms with E-state index in [1.54, 1.807) is 24.4 Å². The van der Waals surface area contributed by atoms with Crippen LogP contribution in [0.15, 0.2) is 42.7 Å². The van der Waals surface area contributed by atoms with E-state index in [1.807, 2.05) is 44.2 Å². The molecule has 0 saturated carbocycles. The topological polar surface area (TPSA) is 105 Å². The van der Waals surface area contributed by atoms with E-state index in [0.29, 0.717) is 36.5 Å². The summed E-state index contributed by atoms with van der Waals surface area (Å²) in [6, 6.07) is 12.0. The number of amides is 2. The van der Waals surface area contributed by atoms with Crippen LogP contribution in [0.1, 0.15) is 52.0 Å². The van der Waals surface area contributed by atoms with Crippen molar-refractivity contribution in [3.05, 3.63) is 75.4 Å². The van der Waals surface area contributed by atoms with Crippen molar-refractivity contribution in [1.82, 2.24) is 9.88 Å². The Hall–Kier alpha value is -3.90. The largest absolute Gasteiger partial charge is 0.496 e. The van der Waals surface area contributed by atoms with Crippen molar-refractivity contribution in [2.24, 2.45) is 0 Å². The molecule has 1 atom stereocenters. The molecule has 0 spiro atoms. The van der Waals surface area contributed by atoms with Gasteiger partial charge in [0.1, 0.15) is 16.8 Å². The average molecular weight is 519 g/mol. The van der Waals surface area contributed by atoms with Gasteiger partial charge in [-0.2, -0.15) is 5.26 Å². The minimum absolute atomic E-state index is 0.0626. The third-order valence-electron chi connectivity index (χ3n) is 6.45. The molecule has 37 heavy (non-hydrogen) atoms. The number of thiophene rings is 1. The molecule has 0 radical (unpaired) electrons. The van der Waals surface area contributed by atoms with Crippen LogP contribution in [0.4, 0.5) is 9.80 Å². The molecule has 2 amide bonds. The van der Waals surface area contributed by atoms with Crippen LogP contribution in [-0.2, 0) is 28.9 Å². The van der Waals surface area contributed by atoms with Crippen LogP contribution in [-0.4, -0.2) is 42.1 Å². The molecule has 2 aromatic heterocycles. The van der Waals surface area contributed by atoms with Crippen LogP contribution >= 0.6 is 11.3 Å². The lowest BCUT2D eigenvalue weighted by molar-refractivity contribution is -0.116. The minimum Gasteiger partial charge on any atom is -0.496 e. The Morgan fingerprint density at radius 1 is 1.27 bits per heavy atom. The Balaban J connectivity index is 1.37. The van der Waals surface area contributed by atoms with Crippen LogP contribution in [0, 0.1) is 18.3 Å². The highest BCUT2D eigenvalue weighted by atomic mass is 32.1. The number of hydrogen-bond donors (Lipinski definition) is 1. The minimum atomic E-state index is -0.377. The Kier molecular flexibility index (Phi) is 8.41. The number of pyridine rings is 1. The van der Waals surface area contributed by atoms with Crippen LogP contribution in [0.5, 0.6) is 5.75 Å². The maximum atomic E-state index is 12.9. The van der Waals surface area contributed by atoms with Gasteiger partial charge >= 0.3 is 6.09 Å². The summed E-state index contributed by atoms with van der Waals surface area (Å²) in [4.78, 5) is 32.1. The second kappa shape index (κ2) is 11.9. The lowest BCUT2D eigenvalue weighted by atomic mass is 9.95. The van der Waals surface area contributed by atoms with Gasteiger partial charge < -0.3 is 19.7 Å². The predicted octanol–water partition coefficient (Wildman–Crippen LogP) is 5.20. The lowest BCUT2D eigenvalue weighted by Crippen LogP contribution is -2.36. The Bertz CT molecular complexity index is 1320. The quantitative estimate of drug-likeness (QED) is 0.439. The summed E-state index contributed by atoms with van der Waals surface area (Å²) in [5, 5.41) is 13.3. The van der Waals surface area contributed by atoms with E-state index in [1.165, 1.54) is 11.3 Å². The zero-order valence-electron chi connectivity index (χ0n) is 21.2. The molecule has 1 N–H and O–H groups in total. The number of ether oxygens (including phenoxy) is 2. The van der Waals surface area contributed by atoms with Gasteiger partial charge in [-0.1, -0.05) is 24.6 Å². The van der Waals surface area contributed by atoms with Crippen LogP contribution < -0.4 is 10.1 Å². The third-order valence-corrected chi connectivity index (χ3v) is 7.59. The maximum Gasteiger partial charge on any atom is 0.410 e. The number of methoxy groups -OCH3 is 1. The van der Waals surface area contributed by atoms with Gasteiger partial charge in [-0.05, 0) is 54.2 Å². The molecule has 3 aromatic rings. The normalized spacial score (nSPS) is 13.3. The zero-order chi connectivity index (χ0) is 26.4. The number of rotatable bonds is 8. The summed E-state index contributed by atoms with van der Waals surface area (Å²) in [5.41, 5.74) is 4.51. The molecule has 0 saturated heterocycles. The van der Waals surface area contributed by atoms with Crippen molar-refractivity contribution in [1.29, 1.82) is 5.26 Å². The second-order valence-corrected chi connectivity index (χ2v) is 10.2. The number of carbonyl (C=O) groups excluding carboxylic acids is 2. The molecule has 1 aliphatic heterocycles. The number of benzene rings is 1. The maximum absolute atomic E-state index is 12.9. The fourth-order valence-corrected chi connectivity index (χ4v) is 5.70. The van der Waals surface area contributed by atoms with Gasteiger partial charge in [0.05, 0.1) is 25.8 Å². The molecule has 0 aliphatic carbocycles. The number of aromatic nitrogens is 1. The molecule has 3 heterocycles. The molecule has 1 aliphatic rings. The number of aryl methyl sites for hydroxylation is 1. The first-order chi connectivity index (χ1) is 17.9. The molecular weight excluding hydrogens is 488 g/mol. The molecular formula is C28H30N4O4S. The van der Waals surface area contributed by atoms with Crippen molar-refractivity contribution in [2.45, 2.75) is 45.6 Å². The average Bonchev–Trinajstić information content (AvgIpc) is 3.24. The zero-order valence-corrected chi connectivity index (χ0v) is 22.1. The number of nitrogens with zero attached hydrogens (tertiary/aromatic N) is 3. The Morgan fingerprint density at radius 2 is 2.05 bits per heavy atom. The van der Waals surface area contributed by atoms with Crippen molar-refractivity contribution < 1.29 is 19.1 Å². The molecule has 8 nitrogen and oxygen atoms in total. The van der Waals surface area contributed by atoms with E-state index in [9.17, 15) is 14.9 Å². The summed E-state index contributed by atoms with van der Waals surface area (Å²) >= 11 is 1.35. The van der Waals surface area contributed by atoms with Crippen molar-refractivity contribution in [2.75, 3.05) is 25.6 Å². The monoisotopic (exact) mass is 518 g/mol. The molecule has 0 bridgehead atoms. The number of hydrogen-bond acceptors (Lipinski definition) is 7. The summed E-state index contributed by atoms with van der Waals surface area (Å²) in [5.74, 6) is 0.522. The number of anilines is 1. The van der Waals surface area contributed by atoms with Crippen molar-refractivity contribution >= 4 is 28.3 Å². The highest BCUT2D eigenvalue weighted by Crippen LogP contribution is 2.37. The molecule has 9 heteroatoms. The predicted molar refractivity (Wildman–Crippen MR) is 142 cm³/mol. The van der Waals surface area contributed by atoms with Gasteiger partial charge in [0.25, 0.3) is 0 Å². The van der Waals surface area contributed by atoms with E-state index >= 15 is 0 Å².